The minimum absolute atomic E-state index is 0.0330. The number of halogens is 1. The summed E-state index contributed by atoms with van der Waals surface area (Å²) in [4.78, 5) is 0. The molecule has 2 N–H and O–H groups in total. The van der Waals surface area contributed by atoms with Crippen molar-refractivity contribution in [3.05, 3.63) is 46.7 Å². The molecule has 1 aromatic heterocycles. The van der Waals surface area contributed by atoms with Gasteiger partial charge in [0, 0.05) is 24.3 Å². The zero-order valence-electron chi connectivity index (χ0n) is 11.1. The Bertz CT molecular complexity index is 551. The second-order valence-electron chi connectivity index (χ2n) is 4.47. The third kappa shape index (κ3) is 3.49. The van der Waals surface area contributed by atoms with E-state index in [2.05, 4.69) is 5.10 Å². The molecule has 1 heterocycles. The summed E-state index contributed by atoms with van der Waals surface area (Å²) >= 11 is 6.17. The summed E-state index contributed by atoms with van der Waals surface area (Å²) in [6, 6.07) is 5.60. The molecule has 0 fully saturated rings. The fraction of sp³-hybridized carbons (Fsp3) is 0.357. The van der Waals surface area contributed by atoms with Crippen LogP contribution in [0.25, 0.3) is 0 Å². The lowest BCUT2D eigenvalue weighted by Gasteiger charge is -2.10. The van der Waals surface area contributed by atoms with Crippen LogP contribution in [0.4, 0.5) is 0 Å². The van der Waals surface area contributed by atoms with Gasteiger partial charge in [-0.3, -0.25) is 4.68 Å². The van der Waals surface area contributed by atoms with Gasteiger partial charge in [0.05, 0.1) is 11.2 Å². The van der Waals surface area contributed by atoms with Crippen LogP contribution in [0.1, 0.15) is 31.0 Å². The van der Waals surface area contributed by atoms with Gasteiger partial charge in [0.15, 0.2) is 0 Å². The molecule has 4 nitrogen and oxygen atoms in total. The van der Waals surface area contributed by atoms with Crippen molar-refractivity contribution in [2.45, 2.75) is 33.0 Å². The fourth-order valence-electron chi connectivity index (χ4n) is 1.73. The Labute approximate surface area is 118 Å². The summed E-state index contributed by atoms with van der Waals surface area (Å²) in [6.07, 6.45) is 3.76. The minimum atomic E-state index is -0.0330. The van der Waals surface area contributed by atoms with Crippen molar-refractivity contribution in [2.24, 2.45) is 5.73 Å². The van der Waals surface area contributed by atoms with E-state index in [1.807, 2.05) is 42.9 Å². The number of rotatable bonds is 5. The van der Waals surface area contributed by atoms with Gasteiger partial charge in [0.2, 0.25) is 0 Å². The summed E-state index contributed by atoms with van der Waals surface area (Å²) in [7, 11) is 0. The molecule has 19 heavy (non-hydrogen) atoms. The van der Waals surface area contributed by atoms with Crippen molar-refractivity contribution in [3.8, 4) is 5.75 Å². The van der Waals surface area contributed by atoms with E-state index < -0.39 is 0 Å². The first-order valence-electron chi connectivity index (χ1n) is 6.29. The van der Waals surface area contributed by atoms with E-state index in [4.69, 9.17) is 22.1 Å². The molecule has 0 saturated heterocycles. The van der Waals surface area contributed by atoms with Crippen molar-refractivity contribution >= 4 is 11.6 Å². The molecular weight excluding hydrogens is 262 g/mol. The highest BCUT2D eigenvalue weighted by Crippen LogP contribution is 2.28. The van der Waals surface area contributed by atoms with Crippen molar-refractivity contribution in [2.75, 3.05) is 0 Å². The summed E-state index contributed by atoms with van der Waals surface area (Å²) in [5, 5.41) is 4.78. The van der Waals surface area contributed by atoms with E-state index in [0.29, 0.717) is 17.4 Å². The number of ether oxygens (including phenoxy) is 1. The summed E-state index contributed by atoms with van der Waals surface area (Å²) < 4.78 is 7.55. The monoisotopic (exact) mass is 279 g/mol. The van der Waals surface area contributed by atoms with Crippen LogP contribution >= 0.6 is 11.6 Å². The highest BCUT2D eigenvalue weighted by molar-refractivity contribution is 6.32. The van der Waals surface area contributed by atoms with Gasteiger partial charge in [-0.1, -0.05) is 17.7 Å². The zero-order valence-corrected chi connectivity index (χ0v) is 11.9. The normalized spacial score (nSPS) is 12.4. The minimum Gasteiger partial charge on any atom is -0.487 e. The summed E-state index contributed by atoms with van der Waals surface area (Å²) in [5.74, 6) is 0.662. The van der Waals surface area contributed by atoms with Gasteiger partial charge < -0.3 is 10.5 Å². The molecule has 2 aromatic rings. The standard InChI is InChI=1S/C14H18ClN3O/c1-3-18-8-11(7-17-18)9-19-14-5-4-12(10(2)16)6-13(14)15/h4-8,10H,3,9,16H2,1-2H3/t10-/m0/s1. The average Bonchev–Trinajstić information content (AvgIpc) is 2.85. The topological polar surface area (TPSA) is 53.1 Å². The van der Waals surface area contributed by atoms with E-state index in [-0.39, 0.29) is 6.04 Å². The number of benzene rings is 1. The van der Waals surface area contributed by atoms with Crippen LogP contribution in [-0.2, 0) is 13.2 Å². The van der Waals surface area contributed by atoms with Crippen molar-refractivity contribution < 1.29 is 4.74 Å². The number of hydrogen-bond donors (Lipinski definition) is 1. The van der Waals surface area contributed by atoms with Crippen LogP contribution in [0.3, 0.4) is 0 Å². The maximum Gasteiger partial charge on any atom is 0.138 e. The molecule has 0 aliphatic rings. The molecule has 0 radical (unpaired) electrons. The molecule has 1 atom stereocenters. The van der Waals surface area contributed by atoms with Crippen LogP contribution in [0.15, 0.2) is 30.6 Å². The lowest BCUT2D eigenvalue weighted by Crippen LogP contribution is -2.05. The Morgan fingerprint density at radius 2 is 2.26 bits per heavy atom. The number of nitrogens with two attached hydrogens (primary N) is 1. The van der Waals surface area contributed by atoms with Crippen molar-refractivity contribution in [3.63, 3.8) is 0 Å². The van der Waals surface area contributed by atoms with Crippen LogP contribution in [0.5, 0.6) is 5.75 Å². The number of aromatic nitrogens is 2. The Kier molecular flexibility index (Phi) is 4.45. The second kappa shape index (κ2) is 6.08. The second-order valence-corrected chi connectivity index (χ2v) is 4.88. The third-order valence-electron chi connectivity index (χ3n) is 2.89. The third-order valence-corrected chi connectivity index (χ3v) is 3.18. The molecule has 2 rings (SSSR count). The van der Waals surface area contributed by atoms with Crippen LogP contribution in [0, 0.1) is 0 Å². The van der Waals surface area contributed by atoms with Crippen LogP contribution < -0.4 is 10.5 Å². The Morgan fingerprint density at radius 3 is 2.84 bits per heavy atom. The SMILES string of the molecule is CCn1cc(COc2ccc([C@H](C)N)cc2Cl)cn1. The van der Waals surface area contributed by atoms with Gasteiger partial charge in [0.1, 0.15) is 12.4 Å². The number of nitrogens with zero attached hydrogens (tertiary/aromatic N) is 2. The molecule has 5 heteroatoms. The maximum atomic E-state index is 6.17. The molecule has 0 spiro atoms. The van der Waals surface area contributed by atoms with Gasteiger partial charge in [-0.2, -0.15) is 5.10 Å². The molecule has 0 saturated carbocycles. The molecule has 102 valence electrons. The fourth-order valence-corrected chi connectivity index (χ4v) is 1.98. The highest BCUT2D eigenvalue weighted by atomic mass is 35.5. The lowest BCUT2D eigenvalue weighted by atomic mass is 10.1. The quantitative estimate of drug-likeness (QED) is 0.915. The number of hydrogen-bond acceptors (Lipinski definition) is 3. The molecule has 0 aliphatic heterocycles. The Hall–Kier alpha value is -1.52. The summed E-state index contributed by atoms with van der Waals surface area (Å²) in [6.45, 7) is 5.27. The first-order chi connectivity index (χ1) is 9.10. The van der Waals surface area contributed by atoms with Crippen molar-refractivity contribution in [1.29, 1.82) is 0 Å². The largest absolute Gasteiger partial charge is 0.487 e. The maximum absolute atomic E-state index is 6.17. The first-order valence-corrected chi connectivity index (χ1v) is 6.67. The molecule has 0 bridgehead atoms. The predicted molar refractivity (Wildman–Crippen MR) is 76.3 cm³/mol. The van der Waals surface area contributed by atoms with E-state index in [9.17, 15) is 0 Å². The highest BCUT2D eigenvalue weighted by Gasteiger charge is 2.06. The van der Waals surface area contributed by atoms with E-state index in [1.165, 1.54) is 0 Å². The molecular formula is C14H18ClN3O. The van der Waals surface area contributed by atoms with Gasteiger partial charge in [-0.25, -0.2) is 0 Å². The average molecular weight is 280 g/mol. The smallest absolute Gasteiger partial charge is 0.138 e. The van der Waals surface area contributed by atoms with E-state index >= 15 is 0 Å². The van der Waals surface area contributed by atoms with Crippen LogP contribution in [-0.4, -0.2) is 9.78 Å². The molecule has 0 unspecified atom stereocenters. The molecule has 1 aromatic carbocycles. The van der Waals surface area contributed by atoms with Gasteiger partial charge in [-0.15, -0.1) is 0 Å². The Morgan fingerprint density at radius 1 is 1.47 bits per heavy atom. The Balaban J connectivity index is 2.03. The van der Waals surface area contributed by atoms with Gasteiger partial charge in [-0.05, 0) is 31.5 Å². The predicted octanol–water partition coefficient (Wildman–Crippen LogP) is 3.16. The van der Waals surface area contributed by atoms with E-state index in [0.717, 1.165) is 17.7 Å². The van der Waals surface area contributed by atoms with E-state index in [1.54, 1.807) is 6.20 Å². The zero-order chi connectivity index (χ0) is 13.8. The van der Waals surface area contributed by atoms with Crippen LogP contribution in [0.2, 0.25) is 5.02 Å². The lowest BCUT2D eigenvalue weighted by molar-refractivity contribution is 0.306. The number of aryl methyl sites for hydroxylation is 1. The van der Waals surface area contributed by atoms with Gasteiger partial charge in [0.25, 0.3) is 0 Å². The molecule has 0 amide bonds. The first kappa shape index (κ1) is 13.9. The molecule has 0 aliphatic carbocycles. The summed E-state index contributed by atoms with van der Waals surface area (Å²) in [5.41, 5.74) is 7.82. The van der Waals surface area contributed by atoms with Gasteiger partial charge >= 0.3 is 0 Å². The van der Waals surface area contributed by atoms with Crippen molar-refractivity contribution in [1.82, 2.24) is 9.78 Å².